The quantitative estimate of drug-likeness (QED) is 0.414. The van der Waals surface area contributed by atoms with Crippen molar-refractivity contribution in [3.8, 4) is 0 Å². The van der Waals surface area contributed by atoms with E-state index in [0.29, 0.717) is 6.04 Å². The van der Waals surface area contributed by atoms with Crippen molar-refractivity contribution >= 4 is 0 Å². The van der Waals surface area contributed by atoms with Crippen LogP contribution in [0.4, 0.5) is 0 Å². The molecule has 0 heterocycles. The molecular weight excluding hydrogens is 170 g/mol. The van der Waals surface area contributed by atoms with Crippen LogP contribution < -0.4 is 5.32 Å². The molecule has 84 valence electrons. The summed E-state index contributed by atoms with van der Waals surface area (Å²) in [4.78, 5) is 0. The molecule has 1 unspecified atom stereocenters. The van der Waals surface area contributed by atoms with Gasteiger partial charge in [0.2, 0.25) is 0 Å². The monoisotopic (exact) mass is 197 g/mol. The zero-order valence-corrected chi connectivity index (χ0v) is 10.0. The largest absolute Gasteiger partial charge is 0.311 e. The summed E-state index contributed by atoms with van der Waals surface area (Å²) in [5.41, 5.74) is 0. The Kier molecular flexibility index (Phi) is 10.5. The average molecular weight is 197 g/mol. The van der Waals surface area contributed by atoms with E-state index < -0.39 is 0 Å². The van der Waals surface area contributed by atoms with Gasteiger partial charge in [0.25, 0.3) is 0 Å². The molecule has 1 nitrogen and oxygen atoms in total. The second kappa shape index (κ2) is 10.8. The summed E-state index contributed by atoms with van der Waals surface area (Å²) in [7, 11) is 0. The third-order valence-electron chi connectivity index (χ3n) is 2.59. The summed E-state index contributed by atoms with van der Waals surface area (Å²) in [6.45, 7) is 9.50. The Morgan fingerprint density at radius 2 is 1.79 bits per heavy atom. The van der Waals surface area contributed by atoms with Gasteiger partial charge >= 0.3 is 0 Å². The molecule has 0 aliphatic heterocycles. The van der Waals surface area contributed by atoms with Gasteiger partial charge in [-0.15, -0.1) is 6.58 Å². The molecule has 1 N–H and O–H groups in total. The maximum atomic E-state index is 3.88. The highest BCUT2D eigenvalue weighted by Crippen LogP contribution is 2.06. The number of rotatable bonds is 10. The summed E-state index contributed by atoms with van der Waals surface area (Å²) in [5, 5.41) is 3.53. The van der Waals surface area contributed by atoms with Crippen LogP contribution in [0, 0.1) is 0 Å². The fourth-order valence-corrected chi connectivity index (χ4v) is 1.56. The predicted octanol–water partition coefficient (Wildman–Crippen LogP) is 3.90. The first-order chi connectivity index (χ1) is 6.85. The molecule has 14 heavy (non-hydrogen) atoms. The van der Waals surface area contributed by atoms with Crippen LogP contribution in [-0.4, -0.2) is 12.6 Å². The molecule has 0 aromatic heterocycles. The van der Waals surface area contributed by atoms with Crippen molar-refractivity contribution in [1.82, 2.24) is 5.32 Å². The summed E-state index contributed by atoms with van der Waals surface area (Å²) >= 11 is 0. The van der Waals surface area contributed by atoms with E-state index in [1.165, 1.54) is 44.9 Å². The summed E-state index contributed by atoms with van der Waals surface area (Å²) in [6, 6.07) is 0.540. The standard InChI is InChI=1S/C13H27N/c1-4-7-9-10-11-13(6-3)14-12-8-5-2/h6,13-14H,3-5,7-12H2,1-2H3. The van der Waals surface area contributed by atoms with Crippen molar-refractivity contribution in [2.24, 2.45) is 0 Å². The van der Waals surface area contributed by atoms with Gasteiger partial charge in [-0.05, 0) is 19.4 Å². The molecule has 0 aliphatic rings. The molecular formula is C13H27N. The minimum Gasteiger partial charge on any atom is -0.311 e. The predicted molar refractivity (Wildman–Crippen MR) is 65.7 cm³/mol. The first kappa shape index (κ1) is 13.7. The Bertz CT molecular complexity index is 120. The summed E-state index contributed by atoms with van der Waals surface area (Å²) < 4.78 is 0. The van der Waals surface area contributed by atoms with Crippen LogP contribution in [-0.2, 0) is 0 Å². The molecule has 0 aromatic carbocycles. The van der Waals surface area contributed by atoms with Crippen molar-refractivity contribution in [2.75, 3.05) is 6.54 Å². The van der Waals surface area contributed by atoms with Gasteiger partial charge in [-0.2, -0.15) is 0 Å². The van der Waals surface area contributed by atoms with Crippen LogP contribution in [0.1, 0.15) is 58.8 Å². The van der Waals surface area contributed by atoms with E-state index in [1.54, 1.807) is 0 Å². The van der Waals surface area contributed by atoms with Crippen LogP contribution in [0.15, 0.2) is 12.7 Å². The second-order valence-corrected chi connectivity index (χ2v) is 4.00. The molecule has 0 amide bonds. The fourth-order valence-electron chi connectivity index (χ4n) is 1.56. The lowest BCUT2D eigenvalue weighted by Crippen LogP contribution is -2.27. The molecule has 1 heteroatoms. The van der Waals surface area contributed by atoms with Crippen LogP contribution in [0.25, 0.3) is 0 Å². The van der Waals surface area contributed by atoms with Crippen molar-refractivity contribution in [3.63, 3.8) is 0 Å². The van der Waals surface area contributed by atoms with Crippen molar-refractivity contribution in [1.29, 1.82) is 0 Å². The Hall–Kier alpha value is -0.300. The average Bonchev–Trinajstić information content (AvgIpc) is 2.22. The Morgan fingerprint density at radius 1 is 1.07 bits per heavy atom. The fraction of sp³-hybridized carbons (Fsp3) is 0.846. The van der Waals surface area contributed by atoms with Crippen LogP contribution in [0.5, 0.6) is 0 Å². The van der Waals surface area contributed by atoms with Crippen LogP contribution in [0.2, 0.25) is 0 Å². The molecule has 1 atom stereocenters. The van der Waals surface area contributed by atoms with E-state index in [4.69, 9.17) is 0 Å². The van der Waals surface area contributed by atoms with Gasteiger partial charge in [0.1, 0.15) is 0 Å². The smallest absolute Gasteiger partial charge is 0.0247 e. The maximum absolute atomic E-state index is 3.88. The molecule has 0 saturated carbocycles. The van der Waals surface area contributed by atoms with E-state index in [9.17, 15) is 0 Å². The number of hydrogen-bond donors (Lipinski definition) is 1. The van der Waals surface area contributed by atoms with Gasteiger partial charge in [-0.1, -0.05) is 52.0 Å². The Labute approximate surface area is 90.0 Å². The van der Waals surface area contributed by atoms with Gasteiger partial charge in [0.15, 0.2) is 0 Å². The zero-order valence-electron chi connectivity index (χ0n) is 10.0. The minimum absolute atomic E-state index is 0.540. The highest BCUT2D eigenvalue weighted by molar-refractivity contribution is 4.85. The summed E-state index contributed by atoms with van der Waals surface area (Å²) in [6.07, 6.45) is 11.3. The Balaban J connectivity index is 3.33. The van der Waals surface area contributed by atoms with Gasteiger partial charge < -0.3 is 5.32 Å². The molecule has 0 spiro atoms. The summed E-state index contributed by atoms with van der Waals surface area (Å²) in [5.74, 6) is 0. The van der Waals surface area contributed by atoms with Crippen molar-refractivity contribution in [2.45, 2.75) is 64.8 Å². The highest BCUT2D eigenvalue weighted by atomic mass is 14.9. The molecule has 0 radical (unpaired) electrons. The first-order valence-electron chi connectivity index (χ1n) is 6.21. The van der Waals surface area contributed by atoms with Gasteiger partial charge in [0.05, 0.1) is 0 Å². The molecule has 0 fully saturated rings. The van der Waals surface area contributed by atoms with E-state index in [1.807, 2.05) is 0 Å². The number of hydrogen-bond acceptors (Lipinski definition) is 1. The van der Waals surface area contributed by atoms with E-state index in [2.05, 4.69) is 31.8 Å². The van der Waals surface area contributed by atoms with Crippen LogP contribution in [0.3, 0.4) is 0 Å². The van der Waals surface area contributed by atoms with E-state index in [0.717, 1.165) is 6.54 Å². The second-order valence-electron chi connectivity index (χ2n) is 4.00. The molecule has 0 aromatic rings. The molecule has 0 aliphatic carbocycles. The normalized spacial score (nSPS) is 12.7. The van der Waals surface area contributed by atoms with Crippen LogP contribution >= 0.6 is 0 Å². The third-order valence-corrected chi connectivity index (χ3v) is 2.59. The SMILES string of the molecule is C=CC(CCCCCC)NCCCC. The Morgan fingerprint density at radius 3 is 2.36 bits per heavy atom. The lowest BCUT2D eigenvalue weighted by atomic mass is 10.1. The van der Waals surface area contributed by atoms with Gasteiger partial charge in [-0.25, -0.2) is 0 Å². The van der Waals surface area contributed by atoms with Gasteiger partial charge in [0, 0.05) is 6.04 Å². The van der Waals surface area contributed by atoms with Crippen molar-refractivity contribution < 1.29 is 0 Å². The topological polar surface area (TPSA) is 12.0 Å². The molecule has 0 saturated heterocycles. The van der Waals surface area contributed by atoms with E-state index in [-0.39, 0.29) is 0 Å². The molecule has 0 bridgehead atoms. The lowest BCUT2D eigenvalue weighted by molar-refractivity contribution is 0.509. The maximum Gasteiger partial charge on any atom is 0.0247 e. The molecule has 0 rings (SSSR count). The van der Waals surface area contributed by atoms with E-state index >= 15 is 0 Å². The number of nitrogens with one attached hydrogen (secondary N) is 1. The van der Waals surface area contributed by atoms with Gasteiger partial charge in [-0.3, -0.25) is 0 Å². The minimum atomic E-state index is 0.540. The van der Waals surface area contributed by atoms with Crippen molar-refractivity contribution in [3.05, 3.63) is 12.7 Å². The number of unbranched alkanes of at least 4 members (excludes halogenated alkanes) is 4. The zero-order chi connectivity index (χ0) is 10.6. The third kappa shape index (κ3) is 8.31. The lowest BCUT2D eigenvalue weighted by Gasteiger charge is -2.13. The first-order valence-corrected chi connectivity index (χ1v) is 6.21. The highest BCUT2D eigenvalue weighted by Gasteiger charge is 2.01.